The number of para-hydroxylation sites is 2. The van der Waals surface area contributed by atoms with Gasteiger partial charge in [0, 0.05) is 35.3 Å². The summed E-state index contributed by atoms with van der Waals surface area (Å²) in [6, 6.07) is 26.5. The van der Waals surface area contributed by atoms with E-state index in [0.717, 1.165) is 47.0 Å². The highest BCUT2D eigenvalue weighted by Crippen LogP contribution is 2.36. The molecule has 2 aliphatic rings. The highest BCUT2D eigenvalue weighted by Gasteiger charge is 2.32. The lowest BCUT2D eigenvalue weighted by atomic mass is 9.97. The SMILES string of the molecule is O=C(NC1=NC(c2ccccc2)c2ccccc2N(CCOC2CCCCO2)C1=O)c1cc2ccccc2[nH]1. The molecule has 0 bridgehead atoms. The van der Waals surface area contributed by atoms with Crippen molar-refractivity contribution in [2.75, 3.05) is 24.7 Å². The Balaban J connectivity index is 1.33. The predicted octanol–water partition coefficient (Wildman–Crippen LogP) is 4.98. The first-order chi connectivity index (χ1) is 19.2. The smallest absolute Gasteiger partial charge is 0.293 e. The maximum absolute atomic E-state index is 14.0. The molecule has 1 saturated heterocycles. The highest BCUT2D eigenvalue weighted by atomic mass is 16.7. The Labute approximate surface area is 226 Å². The van der Waals surface area contributed by atoms with Gasteiger partial charge in [-0.15, -0.1) is 0 Å². The molecule has 4 aromatic rings. The third-order valence-electron chi connectivity index (χ3n) is 7.11. The van der Waals surface area contributed by atoms with Crippen LogP contribution in [0, 0.1) is 0 Å². The summed E-state index contributed by atoms with van der Waals surface area (Å²) in [6.45, 7) is 1.27. The molecule has 0 saturated carbocycles. The van der Waals surface area contributed by atoms with E-state index < -0.39 is 17.9 Å². The van der Waals surface area contributed by atoms with Crippen molar-refractivity contribution in [3.63, 3.8) is 0 Å². The van der Waals surface area contributed by atoms with E-state index in [1.54, 1.807) is 11.0 Å². The number of nitrogens with zero attached hydrogens (tertiary/aromatic N) is 2. The number of hydrogen-bond acceptors (Lipinski definition) is 5. The normalized spacial score (nSPS) is 19.3. The Hall–Kier alpha value is -4.27. The van der Waals surface area contributed by atoms with E-state index in [1.165, 1.54) is 0 Å². The maximum atomic E-state index is 14.0. The van der Waals surface area contributed by atoms with Gasteiger partial charge in [0.1, 0.15) is 11.7 Å². The topological polar surface area (TPSA) is 96.0 Å². The van der Waals surface area contributed by atoms with E-state index in [-0.39, 0.29) is 12.1 Å². The number of amidine groups is 1. The number of fused-ring (bicyclic) bond motifs is 2. The van der Waals surface area contributed by atoms with Crippen LogP contribution < -0.4 is 10.2 Å². The van der Waals surface area contributed by atoms with E-state index in [2.05, 4.69) is 10.3 Å². The molecule has 1 fully saturated rings. The number of aliphatic imine (C=N–C) groups is 1. The first kappa shape index (κ1) is 25.0. The van der Waals surface area contributed by atoms with Gasteiger partial charge in [0.05, 0.1) is 6.61 Å². The molecular weight excluding hydrogens is 492 g/mol. The Bertz CT molecular complexity index is 1470. The molecule has 0 radical (unpaired) electrons. The number of carbonyl (C=O) groups is 2. The minimum Gasteiger partial charge on any atom is -0.353 e. The van der Waals surface area contributed by atoms with Crippen molar-refractivity contribution in [1.29, 1.82) is 0 Å². The van der Waals surface area contributed by atoms with Crippen molar-refractivity contribution < 1.29 is 19.1 Å². The summed E-state index contributed by atoms with van der Waals surface area (Å²) in [6.07, 6.45) is 2.68. The van der Waals surface area contributed by atoms with E-state index >= 15 is 0 Å². The van der Waals surface area contributed by atoms with Gasteiger partial charge in [-0.05, 0) is 43.0 Å². The first-order valence-electron chi connectivity index (χ1n) is 13.3. The van der Waals surface area contributed by atoms with E-state index in [0.29, 0.717) is 25.5 Å². The zero-order chi connectivity index (χ0) is 26.6. The Morgan fingerprint density at radius 1 is 1.03 bits per heavy atom. The van der Waals surface area contributed by atoms with Crippen LogP contribution in [0.4, 0.5) is 5.69 Å². The minimum atomic E-state index is -0.475. The van der Waals surface area contributed by atoms with Gasteiger partial charge in [-0.1, -0.05) is 66.7 Å². The van der Waals surface area contributed by atoms with Crippen molar-refractivity contribution in [1.82, 2.24) is 10.3 Å². The van der Waals surface area contributed by atoms with Gasteiger partial charge in [-0.2, -0.15) is 0 Å². The Kier molecular flexibility index (Phi) is 7.21. The van der Waals surface area contributed by atoms with E-state index in [1.807, 2.05) is 78.9 Å². The van der Waals surface area contributed by atoms with Crippen LogP contribution in [0.3, 0.4) is 0 Å². The van der Waals surface area contributed by atoms with Gasteiger partial charge in [-0.3, -0.25) is 14.6 Å². The van der Waals surface area contributed by atoms with Crippen LogP contribution in [0.2, 0.25) is 0 Å². The zero-order valence-corrected chi connectivity index (χ0v) is 21.5. The summed E-state index contributed by atoms with van der Waals surface area (Å²) in [7, 11) is 0. The second-order valence-corrected chi connectivity index (χ2v) is 9.70. The Morgan fingerprint density at radius 3 is 2.64 bits per heavy atom. The minimum absolute atomic E-state index is 0.0161. The number of benzene rings is 3. The molecule has 2 atom stereocenters. The van der Waals surface area contributed by atoms with E-state index in [4.69, 9.17) is 14.5 Å². The molecule has 2 unspecified atom stereocenters. The number of nitrogens with one attached hydrogen (secondary N) is 2. The second-order valence-electron chi connectivity index (χ2n) is 9.70. The van der Waals surface area contributed by atoms with Crippen molar-refractivity contribution in [2.45, 2.75) is 31.6 Å². The number of amides is 2. The van der Waals surface area contributed by atoms with Crippen LogP contribution in [0.5, 0.6) is 0 Å². The lowest BCUT2D eigenvalue weighted by molar-refractivity contribution is -0.160. The summed E-state index contributed by atoms with van der Waals surface area (Å²) < 4.78 is 11.7. The summed E-state index contributed by atoms with van der Waals surface area (Å²) in [5, 5.41) is 3.73. The summed E-state index contributed by atoms with van der Waals surface area (Å²) in [5.74, 6) is -0.834. The van der Waals surface area contributed by atoms with E-state index in [9.17, 15) is 9.59 Å². The van der Waals surface area contributed by atoms with Crippen LogP contribution >= 0.6 is 0 Å². The third-order valence-corrected chi connectivity index (χ3v) is 7.11. The molecule has 2 amide bonds. The third kappa shape index (κ3) is 5.34. The largest absolute Gasteiger partial charge is 0.353 e. The molecule has 2 aliphatic heterocycles. The molecule has 8 heteroatoms. The molecule has 0 spiro atoms. The fourth-order valence-electron chi connectivity index (χ4n) is 5.14. The van der Waals surface area contributed by atoms with Crippen LogP contribution in [-0.4, -0.2) is 48.7 Å². The number of rotatable bonds is 6. The van der Waals surface area contributed by atoms with Crippen molar-refractivity contribution in [3.8, 4) is 0 Å². The van der Waals surface area contributed by atoms with Crippen LogP contribution in [0.15, 0.2) is 89.9 Å². The lowest BCUT2D eigenvalue weighted by Crippen LogP contribution is -2.46. The molecule has 1 aromatic heterocycles. The van der Waals surface area contributed by atoms with Gasteiger partial charge in [-0.25, -0.2) is 0 Å². The molecule has 8 nitrogen and oxygen atoms in total. The van der Waals surface area contributed by atoms with Crippen molar-refractivity contribution in [3.05, 3.63) is 102 Å². The lowest BCUT2D eigenvalue weighted by Gasteiger charge is -2.27. The van der Waals surface area contributed by atoms with Gasteiger partial charge < -0.3 is 24.7 Å². The van der Waals surface area contributed by atoms with Crippen LogP contribution in [0.25, 0.3) is 10.9 Å². The fraction of sp³-hybridized carbons (Fsp3) is 0.258. The fourth-order valence-corrected chi connectivity index (χ4v) is 5.14. The number of aromatic amines is 1. The number of aromatic nitrogens is 1. The molecular formula is C31H30N4O4. The molecule has 39 heavy (non-hydrogen) atoms. The number of carbonyl (C=O) groups excluding carboxylic acids is 2. The molecule has 3 aromatic carbocycles. The molecule has 3 heterocycles. The van der Waals surface area contributed by atoms with Gasteiger partial charge in [0.15, 0.2) is 12.1 Å². The quantitative estimate of drug-likeness (QED) is 0.374. The zero-order valence-electron chi connectivity index (χ0n) is 21.5. The first-order valence-corrected chi connectivity index (χ1v) is 13.3. The number of ether oxygens (including phenoxy) is 2. The predicted molar refractivity (Wildman–Crippen MR) is 150 cm³/mol. The number of hydrogen-bond donors (Lipinski definition) is 2. The van der Waals surface area contributed by atoms with Gasteiger partial charge in [0.2, 0.25) is 0 Å². The maximum Gasteiger partial charge on any atom is 0.293 e. The Morgan fingerprint density at radius 2 is 1.82 bits per heavy atom. The van der Waals surface area contributed by atoms with Crippen molar-refractivity contribution >= 4 is 34.2 Å². The summed E-state index contributed by atoms with van der Waals surface area (Å²) in [5.41, 5.74) is 3.73. The molecule has 2 N–H and O–H groups in total. The van der Waals surface area contributed by atoms with Gasteiger partial charge in [0.25, 0.3) is 11.8 Å². The molecule has 0 aliphatic carbocycles. The average Bonchev–Trinajstić information content (AvgIpc) is 3.39. The average molecular weight is 523 g/mol. The number of H-pyrrole nitrogens is 1. The standard InChI is InChI=1S/C31H30N4O4/c36-30(25-20-22-12-4-6-14-24(22)32-25)34-29-31(37)35(17-19-39-27-16-8-9-18-38-27)26-15-7-5-13-23(26)28(33-29)21-10-2-1-3-11-21/h1-7,10-15,20,27-28,32H,8-9,16-19H2,(H,33,34,36). The van der Waals surface area contributed by atoms with Crippen LogP contribution in [0.1, 0.15) is 46.9 Å². The molecule has 6 rings (SSSR count). The van der Waals surface area contributed by atoms with Crippen LogP contribution in [-0.2, 0) is 14.3 Å². The highest BCUT2D eigenvalue weighted by molar-refractivity contribution is 6.45. The van der Waals surface area contributed by atoms with Gasteiger partial charge >= 0.3 is 0 Å². The molecule has 198 valence electrons. The second kappa shape index (κ2) is 11.2. The summed E-state index contributed by atoms with van der Waals surface area (Å²) >= 11 is 0. The number of anilines is 1. The summed E-state index contributed by atoms with van der Waals surface area (Å²) in [4.78, 5) is 37.0. The van der Waals surface area contributed by atoms with Crippen molar-refractivity contribution in [2.24, 2.45) is 4.99 Å². The monoisotopic (exact) mass is 522 g/mol.